The largest absolute Gasteiger partial charge is 0.467 e. The fourth-order valence-electron chi connectivity index (χ4n) is 5.83. The molecule has 10 nitrogen and oxygen atoms in total. The van der Waals surface area contributed by atoms with Crippen molar-refractivity contribution in [1.29, 1.82) is 5.26 Å². The molecule has 0 spiro atoms. The average Bonchev–Trinajstić information content (AvgIpc) is 3.72. The molecule has 1 atom stereocenters. The summed E-state index contributed by atoms with van der Waals surface area (Å²) in [5.41, 5.74) is 5.05. The van der Waals surface area contributed by atoms with Crippen molar-refractivity contribution in [2.45, 2.75) is 78.1 Å². The predicted octanol–water partition coefficient (Wildman–Crippen LogP) is 4.45. The number of methoxy groups -OCH3 is 1. The summed E-state index contributed by atoms with van der Waals surface area (Å²) in [4.78, 5) is 27.5. The maximum Gasteiger partial charge on any atom is 0.410 e. The number of rotatable bonds is 3. The number of anilines is 1. The van der Waals surface area contributed by atoms with Gasteiger partial charge in [-0.25, -0.2) is 4.79 Å². The Morgan fingerprint density at radius 3 is 2.41 bits per heavy atom. The summed E-state index contributed by atoms with van der Waals surface area (Å²) in [6, 6.07) is 11.6. The molecule has 1 unspecified atom stereocenters. The van der Waals surface area contributed by atoms with Gasteiger partial charge in [-0.3, -0.25) is 4.90 Å². The molecule has 1 amide bonds. The van der Waals surface area contributed by atoms with E-state index in [1.807, 2.05) is 20.8 Å². The molecule has 1 aliphatic carbocycles. The molecule has 4 heterocycles. The van der Waals surface area contributed by atoms with Crippen molar-refractivity contribution in [3.05, 3.63) is 46.6 Å². The van der Waals surface area contributed by atoms with Crippen LogP contribution in [-0.2, 0) is 24.2 Å². The van der Waals surface area contributed by atoms with Gasteiger partial charge in [0.1, 0.15) is 11.4 Å². The van der Waals surface area contributed by atoms with E-state index in [9.17, 15) is 4.79 Å². The molecule has 0 radical (unpaired) electrons. The molecule has 3 aliphatic heterocycles. The van der Waals surface area contributed by atoms with Gasteiger partial charge in [-0.15, -0.1) is 0 Å². The second kappa shape index (κ2) is 14.0. The van der Waals surface area contributed by atoms with Crippen molar-refractivity contribution < 1.29 is 14.3 Å². The summed E-state index contributed by atoms with van der Waals surface area (Å²) in [7, 11) is 1.66. The van der Waals surface area contributed by atoms with E-state index in [0.29, 0.717) is 12.1 Å². The van der Waals surface area contributed by atoms with Gasteiger partial charge in [-0.2, -0.15) is 15.2 Å². The number of aryl methyl sites for hydroxylation is 1. The molecule has 0 bridgehead atoms. The first kappa shape index (κ1) is 30.5. The van der Waals surface area contributed by atoms with Gasteiger partial charge >= 0.3 is 12.1 Å². The van der Waals surface area contributed by atoms with Crippen LogP contribution in [0.5, 0.6) is 6.01 Å². The Labute approximate surface area is 244 Å². The quantitative estimate of drug-likeness (QED) is 0.580. The van der Waals surface area contributed by atoms with Crippen LogP contribution in [0.1, 0.15) is 75.4 Å². The number of nitrogens with zero attached hydrogens (tertiary/aromatic N) is 6. The number of likely N-dealkylation sites (tertiary alicyclic amines) is 1. The van der Waals surface area contributed by atoms with E-state index in [1.54, 1.807) is 18.1 Å². The van der Waals surface area contributed by atoms with E-state index in [0.717, 1.165) is 76.7 Å². The summed E-state index contributed by atoms with van der Waals surface area (Å²) in [6.45, 7) is 14.6. The number of piperazine rings is 1. The van der Waals surface area contributed by atoms with Crippen LogP contribution in [0.15, 0.2) is 24.3 Å². The van der Waals surface area contributed by atoms with E-state index >= 15 is 0 Å². The van der Waals surface area contributed by atoms with Gasteiger partial charge in [-0.1, -0.05) is 24.3 Å². The predicted molar refractivity (Wildman–Crippen MR) is 159 cm³/mol. The molecule has 6 rings (SSSR count). The maximum atomic E-state index is 11.4. The maximum absolute atomic E-state index is 11.4. The summed E-state index contributed by atoms with van der Waals surface area (Å²) in [6.07, 6.45) is 4.42. The zero-order valence-electron chi connectivity index (χ0n) is 25.3. The summed E-state index contributed by atoms with van der Waals surface area (Å²) in [5, 5.41) is 10.7. The van der Waals surface area contributed by atoms with Crippen LogP contribution in [0, 0.1) is 11.3 Å². The Hall–Kier alpha value is -3.42. The summed E-state index contributed by atoms with van der Waals surface area (Å²) < 4.78 is 10.6. The minimum Gasteiger partial charge on any atom is -0.467 e. The SMILES string of the molecule is CC#N.CC(C)(C)OC(=O)N1CCCC1.COc1nc2c(c(N3CCNCC3)n1)CN(C1CCc3ccccc31)C2. The topological polar surface area (TPSA) is 107 Å². The van der Waals surface area contributed by atoms with Gasteiger partial charge in [-0.05, 0) is 57.6 Å². The number of hydrogen-bond donors (Lipinski definition) is 1. The molecule has 4 aliphatic rings. The van der Waals surface area contributed by atoms with Gasteiger partial charge < -0.3 is 24.6 Å². The monoisotopic (exact) mass is 563 g/mol. The third-order valence-electron chi connectivity index (χ3n) is 7.66. The highest BCUT2D eigenvalue weighted by Crippen LogP contribution is 2.41. The first-order valence-electron chi connectivity index (χ1n) is 14.7. The number of hydrogen-bond acceptors (Lipinski definition) is 9. The van der Waals surface area contributed by atoms with E-state index in [2.05, 4.69) is 44.4 Å². The molecule has 41 heavy (non-hydrogen) atoms. The second-order valence-electron chi connectivity index (χ2n) is 11.8. The molecular formula is C31H45N7O3. The Balaban J connectivity index is 0.000000217. The lowest BCUT2D eigenvalue weighted by molar-refractivity contribution is 0.0295. The number of ether oxygens (including phenoxy) is 2. The van der Waals surface area contributed by atoms with Crippen LogP contribution in [0.25, 0.3) is 0 Å². The minimum atomic E-state index is -0.361. The van der Waals surface area contributed by atoms with Gasteiger partial charge in [0, 0.05) is 70.9 Å². The highest BCUT2D eigenvalue weighted by atomic mass is 16.6. The van der Waals surface area contributed by atoms with Crippen LogP contribution >= 0.6 is 0 Å². The molecule has 2 fully saturated rings. The fraction of sp³-hybridized carbons (Fsp3) is 0.613. The van der Waals surface area contributed by atoms with E-state index in [-0.39, 0.29) is 11.7 Å². The normalized spacial score (nSPS) is 19.7. The molecule has 2 aromatic rings. The van der Waals surface area contributed by atoms with Gasteiger partial charge in [0.25, 0.3) is 0 Å². The summed E-state index contributed by atoms with van der Waals surface area (Å²) in [5.74, 6) is 1.07. The number of nitriles is 1. The van der Waals surface area contributed by atoms with Crippen LogP contribution < -0.4 is 15.0 Å². The van der Waals surface area contributed by atoms with Gasteiger partial charge in [0.05, 0.1) is 18.9 Å². The molecule has 1 N–H and O–H groups in total. The van der Waals surface area contributed by atoms with Crippen molar-refractivity contribution in [3.63, 3.8) is 0 Å². The number of fused-ring (bicyclic) bond motifs is 2. The van der Waals surface area contributed by atoms with Gasteiger partial charge in [0.15, 0.2) is 0 Å². The highest BCUT2D eigenvalue weighted by Gasteiger charge is 2.35. The second-order valence-corrected chi connectivity index (χ2v) is 11.8. The fourth-order valence-corrected chi connectivity index (χ4v) is 5.83. The molecule has 1 aromatic carbocycles. The molecule has 0 saturated carbocycles. The standard InChI is InChI=1S/C20H25N5O.C9H17NO2.C2H3N/c1-26-20-22-17-13-25(18-7-6-14-4-2-3-5-15(14)18)12-16(17)19(23-20)24-10-8-21-9-11-24;1-9(2,3)12-8(11)10-6-4-5-7-10;1-2-3/h2-5,18,21H,6-13H2,1H3;4-7H2,1-3H3;1H3. The van der Waals surface area contributed by atoms with Crippen LogP contribution in [-0.4, -0.2) is 77.8 Å². The molecule has 10 heteroatoms. The Morgan fingerprint density at radius 1 is 1.07 bits per heavy atom. The molecule has 1 aromatic heterocycles. The first-order chi connectivity index (χ1) is 19.7. The van der Waals surface area contributed by atoms with Crippen molar-refractivity contribution in [2.24, 2.45) is 0 Å². The number of benzene rings is 1. The lowest BCUT2D eigenvalue weighted by atomic mass is 10.1. The van der Waals surface area contributed by atoms with Crippen molar-refractivity contribution in [2.75, 3.05) is 51.3 Å². The molecular weight excluding hydrogens is 518 g/mol. The lowest BCUT2D eigenvalue weighted by Gasteiger charge is -2.30. The van der Waals surface area contributed by atoms with Crippen LogP contribution in [0.4, 0.5) is 10.6 Å². The highest BCUT2D eigenvalue weighted by molar-refractivity contribution is 5.68. The number of carbonyl (C=O) groups excluding carboxylic acids is 1. The average molecular weight is 564 g/mol. The number of carbonyl (C=O) groups is 1. The van der Waals surface area contributed by atoms with Crippen LogP contribution in [0.2, 0.25) is 0 Å². The minimum absolute atomic E-state index is 0.167. The van der Waals surface area contributed by atoms with E-state index in [4.69, 9.17) is 19.7 Å². The van der Waals surface area contributed by atoms with E-state index in [1.165, 1.54) is 36.5 Å². The Bertz CT molecular complexity index is 1210. The van der Waals surface area contributed by atoms with Crippen molar-refractivity contribution in [1.82, 2.24) is 25.1 Å². The zero-order chi connectivity index (χ0) is 29.4. The lowest BCUT2D eigenvalue weighted by Crippen LogP contribution is -2.44. The summed E-state index contributed by atoms with van der Waals surface area (Å²) >= 11 is 0. The Kier molecular flexibility index (Phi) is 10.4. The van der Waals surface area contributed by atoms with Gasteiger partial charge in [0.2, 0.25) is 0 Å². The smallest absolute Gasteiger partial charge is 0.410 e. The third kappa shape index (κ3) is 7.86. The molecule has 222 valence electrons. The van der Waals surface area contributed by atoms with Crippen molar-refractivity contribution in [3.8, 4) is 12.1 Å². The molecule has 2 saturated heterocycles. The van der Waals surface area contributed by atoms with Crippen molar-refractivity contribution >= 4 is 11.9 Å². The Morgan fingerprint density at radius 2 is 1.76 bits per heavy atom. The number of nitrogens with one attached hydrogen (secondary N) is 1. The zero-order valence-corrected chi connectivity index (χ0v) is 25.3. The van der Waals surface area contributed by atoms with Crippen LogP contribution in [0.3, 0.4) is 0 Å². The van der Waals surface area contributed by atoms with E-state index < -0.39 is 0 Å². The number of aromatic nitrogens is 2. The third-order valence-corrected chi connectivity index (χ3v) is 7.66. The number of amides is 1. The first-order valence-corrected chi connectivity index (χ1v) is 14.7.